The molecule has 0 radical (unpaired) electrons. The van der Waals surface area contributed by atoms with E-state index in [0.29, 0.717) is 12.0 Å². The summed E-state index contributed by atoms with van der Waals surface area (Å²) in [4.78, 5) is 0. The third-order valence-corrected chi connectivity index (χ3v) is 3.92. The molecule has 0 aliphatic carbocycles. The molecule has 0 saturated heterocycles. The smallest absolute Gasteiger partial charge is 0.122 e. The van der Waals surface area contributed by atoms with Crippen LogP contribution in [0.25, 0.3) is 0 Å². The molecule has 0 aromatic heterocycles. The van der Waals surface area contributed by atoms with Crippen molar-refractivity contribution in [3.05, 3.63) is 29.3 Å². The first kappa shape index (κ1) is 18.0. The fourth-order valence-corrected chi connectivity index (χ4v) is 2.27. The van der Waals surface area contributed by atoms with Crippen LogP contribution < -0.4 is 10.1 Å². The molecule has 0 aliphatic rings. The van der Waals surface area contributed by atoms with Crippen molar-refractivity contribution in [2.45, 2.75) is 66.3 Å². The zero-order valence-corrected chi connectivity index (χ0v) is 14.9. The van der Waals surface area contributed by atoms with Gasteiger partial charge in [-0.2, -0.15) is 0 Å². The number of benzene rings is 1. The Bertz CT molecular complexity index is 432. The quantitative estimate of drug-likeness (QED) is 0.786. The summed E-state index contributed by atoms with van der Waals surface area (Å²) >= 11 is 0. The Hall–Kier alpha value is -1.02. The maximum absolute atomic E-state index is 6.06. The fraction of sp³-hybridized carbons (Fsp3) is 0.684. The SMILES string of the molecule is CCCNC(COc1ccc(C(C)(C)C)cc1C)C(C)C. The van der Waals surface area contributed by atoms with E-state index >= 15 is 0 Å². The molecule has 0 saturated carbocycles. The van der Waals surface area contributed by atoms with Crippen LogP contribution in [0.2, 0.25) is 0 Å². The van der Waals surface area contributed by atoms with Crippen molar-refractivity contribution in [1.82, 2.24) is 5.32 Å². The standard InChI is InChI=1S/C19H33NO/c1-8-11-20-17(14(2)3)13-21-18-10-9-16(12-15(18)4)19(5,6)7/h9-10,12,14,17,20H,8,11,13H2,1-7H3. The van der Waals surface area contributed by atoms with Crippen LogP contribution in [-0.2, 0) is 5.41 Å². The predicted molar refractivity (Wildman–Crippen MR) is 92.3 cm³/mol. The van der Waals surface area contributed by atoms with Crippen LogP contribution in [0.3, 0.4) is 0 Å². The molecule has 0 bridgehead atoms. The number of ether oxygens (including phenoxy) is 1. The van der Waals surface area contributed by atoms with Crippen molar-refractivity contribution >= 4 is 0 Å². The van der Waals surface area contributed by atoms with Gasteiger partial charge < -0.3 is 10.1 Å². The van der Waals surface area contributed by atoms with Gasteiger partial charge in [0.1, 0.15) is 12.4 Å². The van der Waals surface area contributed by atoms with Crippen molar-refractivity contribution in [2.24, 2.45) is 5.92 Å². The summed E-state index contributed by atoms with van der Waals surface area (Å²) in [6.07, 6.45) is 1.16. The third kappa shape index (κ3) is 5.70. The van der Waals surface area contributed by atoms with Crippen LogP contribution in [0.5, 0.6) is 5.75 Å². The van der Waals surface area contributed by atoms with Crippen LogP contribution >= 0.6 is 0 Å². The second-order valence-electron chi connectivity index (χ2n) is 7.35. The lowest BCUT2D eigenvalue weighted by Gasteiger charge is -2.24. The number of aryl methyl sites for hydroxylation is 1. The van der Waals surface area contributed by atoms with Crippen LogP contribution in [0.15, 0.2) is 18.2 Å². The average Bonchev–Trinajstić information content (AvgIpc) is 2.38. The maximum atomic E-state index is 6.06. The largest absolute Gasteiger partial charge is 0.492 e. The van der Waals surface area contributed by atoms with Gasteiger partial charge in [0.25, 0.3) is 0 Å². The molecule has 1 rings (SSSR count). The lowest BCUT2D eigenvalue weighted by molar-refractivity contribution is 0.229. The van der Waals surface area contributed by atoms with Crippen molar-refractivity contribution in [1.29, 1.82) is 0 Å². The lowest BCUT2D eigenvalue weighted by Crippen LogP contribution is -2.39. The molecule has 2 nitrogen and oxygen atoms in total. The molecule has 120 valence electrons. The predicted octanol–water partition coefficient (Wildman–Crippen LogP) is 4.70. The van der Waals surface area contributed by atoms with E-state index in [9.17, 15) is 0 Å². The van der Waals surface area contributed by atoms with Crippen LogP contribution in [0.1, 0.15) is 59.1 Å². The van der Waals surface area contributed by atoms with Gasteiger partial charge in [0.2, 0.25) is 0 Å². The summed E-state index contributed by atoms with van der Waals surface area (Å²) in [5.41, 5.74) is 2.77. The van der Waals surface area contributed by atoms with E-state index in [1.54, 1.807) is 0 Å². The molecule has 1 aromatic rings. The van der Waals surface area contributed by atoms with E-state index in [1.807, 2.05) is 0 Å². The molecular formula is C19H33NO. The van der Waals surface area contributed by atoms with E-state index in [0.717, 1.165) is 25.3 Å². The first-order chi connectivity index (χ1) is 9.75. The Morgan fingerprint density at radius 3 is 2.33 bits per heavy atom. The highest BCUT2D eigenvalue weighted by atomic mass is 16.5. The fourth-order valence-electron chi connectivity index (χ4n) is 2.27. The van der Waals surface area contributed by atoms with Gasteiger partial charge in [0, 0.05) is 6.04 Å². The summed E-state index contributed by atoms with van der Waals surface area (Å²) in [6, 6.07) is 6.96. The van der Waals surface area contributed by atoms with Gasteiger partial charge in [-0.15, -0.1) is 0 Å². The van der Waals surface area contributed by atoms with Gasteiger partial charge in [0.15, 0.2) is 0 Å². The zero-order chi connectivity index (χ0) is 16.0. The van der Waals surface area contributed by atoms with Crippen LogP contribution in [0, 0.1) is 12.8 Å². The van der Waals surface area contributed by atoms with Crippen molar-refractivity contribution < 1.29 is 4.74 Å². The number of hydrogen-bond donors (Lipinski definition) is 1. The zero-order valence-electron chi connectivity index (χ0n) is 14.9. The molecule has 0 fully saturated rings. The summed E-state index contributed by atoms with van der Waals surface area (Å²) in [5.74, 6) is 1.58. The van der Waals surface area contributed by atoms with E-state index < -0.39 is 0 Å². The van der Waals surface area contributed by atoms with E-state index in [4.69, 9.17) is 4.74 Å². The molecule has 0 spiro atoms. The molecule has 0 amide bonds. The molecule has 0 aliphatic heterocycles. The number of rotatable bonds is 7. The highest BCUT2D eigenvalue weighted by Crippen LogP contribution is 2.27. The molecular weight excluding hydrogens is 258 g/mol. The molecule has 1 aromatic carbocycles. The van der Waals surface area contributed by atoms with Gasteiger partial charge in [-0.05, 0) is 48.4 Å². The molecule has 0 heterocycles. The Labute approximate surface area is 131 Å². The Kier molecular flexibility index (Phi) is 6.73. The number of nitrogens with one attached hydrogen (secondary N) is 1. The van der Waals surface area contributed by atoms with Crippen molar-refractivity contribution in [3.8, 4) is 5.75 Å². The summed E-state index contributed by atoms with van der Waals surface area (Å²) in [5, 5.41) is 3.57. The molecule has 2 heteroatoms. The minimum absolute atomic E-state index is 0.187. The monoisotopic (exact) mass is 291 g/mol. The minimum atomic E-state index is 0.187. The van der Waals surface area contributed by atoms with Gasteiger partial charge in [-0.25, -0.2) is 0 Å². The normalized spacial score (nSPS) is 13.5. The van der Waals surface area contributed by atoms with Gasteiger partial charge in [-0.1, -0.05) is 53.7 Å². The second kappa shape index (κ2) is 7.84. The number of hydrogen-bond acceptors (Lipinski definition) is 2. The molecule has 1 atom stereocenters. The van der Waals surface area contributed by atoms with E-state index in [2.05, 4.69) is 72.0 Å². The lowest BCUT2D eigenvalue weighted by atomic mass is 9.86. The maximum Gasteiger partial charge on any atom is 0.122 e. The van der Waals surface area contributed by atoms with Gasteiger partial charge in [0.05, 0.1) is 0 Å². The van der Waals surface area contributed by atoms with Crippen LogP contribution in [-0.4, -0.2) is 19.2 Å². The highest BCUT2D eigenvalue weighted by Gasteiger charge is 2.16. The molecule has 21 heavy (non-hydrogen) atoms. The molecule has 1 N–H and O–H groups in total. The summed E-state index contributed by atoms with van der Waals surface area (Å²) < 4.78 is 6.06. The van der Waals surface area contributed by atoms with Crippen molar-refractivity contribution in [2.75, 3.05) is 13.2 Å². The van der Waals surface area contributed by atoms with E-state index in [1.165, 1.54) is 11.1 Å². The van der Waals surface area contributed by atoms with Crippen LogP contribution in [0.4, 0.5) is 0 Å². The Morgan fingerprint density at radius 1 is 1.19 bits per heavy atom. The van der Waals surface area contributed by atoms with Gasteiger partial charge >= 0.3 is 0 Å². The average molecular weight is 291 g/mol. The third-order valence-electron chi connectivity index (χ3n) is 3.92. The second-order valence-corrected chi connectivity index (χ2v) is 7.35. The van der Waals surface area contributed by atoms with E-state index in [-0.39, 0.29) is 5.41 Å². The summed E-state index contributed by atoms with van der Waals surface area (Å²) in [7, 11) is 0. The Morgan fingerprint density at radius 2 is 1.86 bits per heavy atom. The first-order valence-corrected chi connectivity index (χ1v) is 8.23. The molecule has 1 unspecified atom stereocenters. The topological polar surface area (TPSA) is 21.3 Å². The van der Waals surface area contributed by atoms with Gasteiger partial charge in [-0.3, -0.25) is 0 Å². The van der Waals surface area contributed by atoms with Crippen molar-refractivity contribution in [3.63, 3.8) is 0 Å². The first-order valence-electron chi connectivity index (χ1n) is 8.23. The minimum Gasteiger partial charge on any atom is -0.492 e. The Balaban J connectivity index is 2.70. The highest BCUT2D eigenvalue weighted by molar-refractivity contribution is 5.38. The summed E-state index contributed by atoms with van der Waals surface area (Å²) in [6.45, 7) is 17.3.